The zero-order valence-electron chi connectivity index (χ0n) is 12.5. The highest BCUT2D eigenvalue weighted by atomic mass is 16.5. The molecule has 5 nitrogen and oxygen atoms in total. The second-order valence-corrected chi connectivity index (χ2v) is 5.88. The number of primary amides is 1. The molecule has 2 unspecified atom stereocenters. The van der Waals surface area contributed by atoms with Crippen LogP contribution in [0.3, 0.4) is 0 Å². The summed E-state index contributed by atoms with van der Waals surface area (Å²) < 4.78 is 5.56. The molecule has 1 amide bonds. The maximum Gasteiger partial charge on any atom is 0.237 e. The van der Waals surface area contributed by atoms with Crippen LogP contribution in [0.25, 0.3) is 0 Å². The van der Waals surface area contributed by atoms with Crippen LogP contribution in [0.1, 0.15) is 31.7 Å². The lowest BCUT2D eigenvalue weighted by Gasteiger charge is -2.29. The van der Waals surface area contributed by atoms with E-state index in [-0.39, 0.29) is 17.8 Å². The van der Waals surface area contributed by atoms with Crippen molar-refractivity contribution in [2.75, 3.05) is 13.2 Å². The average Bonchev–Trinajstić information content (AvgIpc) is 2.98. The van der Waals surface area contributed by atoms with Gasteiger partial charge < -0.3 is 20.9 Å². The molecule has 116 valence electrons. The predicted octanol–water partition coefficient (Wildman–Crippen LogP) is 1.34. The largest absolute Gasteiger partial charge is 0.508 e. The van der Waals surface area contributed by atoms with E-state index in [1.165, 1.54) is 0 Å². The molecular formula is C16H24N2O3. The van der Waals surface area contributed by atoms with Crippen LogP contribution < -0.4 is 11.1 Å². The number of aromatic hydroxyl groups is 1. The normalized spacial score (nSPS) is 21.1. The summed E-state index contributed by atoms with van der Waals surface area (Å²) in [6.45, 7) is 3.28. The maximum absolute atomic E-state index is 11.8. The number of phenols is 1. The molecule has 0 radical (unpaired) electrons. The molecule has 1 aromatic rings. The SMILES string of the molecule is CC(CCc1ccc(O)cc1)(NCC1CCCO1)C(N)=O. The van der Waals surface area contributed by atoms with Crippen LogP contribution in [0.15, 0.2) is 24.3 Å². The second-order valence-electron chi connectivity index (χ2n) is 5.88. The Bertz CT molecular complexity index is 469. The summed E-state index contributed by atoms with van der Waals surface area (Å²) in [6, 6.07) is 7.02. The monoisotopic (exact) mass is 292 g/mol. The van der Waals surface area contributed by atoms with Crippen molar-refractivity contribution in [1.82, 2.24) is 5.32 Å². The Labute approximate surface area is 125 Å². The number of rotatable bonds is 7. The lowest BCUT2D eigenvalue weighted by molar-refractivity contribution is -0.124. The summed E-state index contributed by atoms with van der Waals surface area (Å²) >= 11 is 0. The molecule has 1 saturated heterocycles. The molecule has 1 aromatic carbocycles. The number of hydrogen-bond donors (Lipinski definition) is 3. The van der Waals surface area contributed by atoms with Crippen LogP contribution in [-0.2, 0) is 16.0 Å². The van der Waals surface area contributed by atoms with E-state index in [4.69, 9.17) is 10.5 Å². The Morgan fingerprint density at radius 1 is 1.48 bits per heavy atom. The van der Waals surface area contributed by atoms with Crippen molar-refractivity contribution >= 4 is 5.91 Å². The number of hydrogen-bond acceptors (Lipinski definition) is 4. The van der Waals surface area contributed by atoms with Crippen LogP contribution in [0, 0.1) is 0 Å². The van der Waals surface area contributed by atoms with E-state index in [0.29, 0.717) is 13.0 Å². The molecule has 1 aliphatic heterocycles. The molecule has 5 heteroatoms. The fourth-order valence-electron chi connectivity index (χ4n) is 2.50. The Morgan fingerprint density at radius 3 is 2.76 bits per heavy atom. The van der Waals surface area contributed by atoms with Crippen molar-refractivity contribution in [1.29, 1.82) is 0 Å². The van der Waals surface area contributed by atoms with Crippen LogP contribution >= 0.6 is 0 Å². The van der Waals surface area contributed by atoms with E-state index in [0.717, 1.165) is 31.4 Å². The van der Waals surface area contributed by atoms with Gasteiger partial charge in [-0.05, 0) is 50.3 Å². The number of nitrogens with one attached hydrogen (secondary N) is 1. The number of amides is 1. The van der Waals surface area contributed by atoms with Crippen LogP contribution in [0.4, 0.5) is 0 Å². The third-order valence-corrected chi connectivity index (χ3v) is 4.14. The molecule has 0 bridgehead atoms. The van der Waals surface area contributed by atoms with Gasteiger partial charge in [-0.1, -0.05) is 12.1 Å². The predicted molar refractivity (Wildman–Crippen MR) is 81.0 cm³/mol. The second kappa shape index (κ2) is 6.91. The Balaban J connectivity index is 1.90. The fourth-order valence-corrected chi connectivity index (χ4v) is 2.50. The number of aryl methyl sites for hydroxylation is 1. The Hall–Kier alpha value is -1.59. The number of phenolic OH excluding ortho intramolecular Hbond substituents is 1. The topological polar surface area (TPSA) is 84.6 Å². The highest BCUT2D eigenvalue weighted by Crippen LogP contribution is 2.18. The first-order valence-electron chi connectivity index (χ1n) is 7.44. The first-order chi connectivity index (χ1) is 9.99. The number of benzene rings is 1. The standard InChI is InChI=1S/C16H24N2O3/c1-16(15(17)20,18-11-14-3-2-10-21-14)9-8-12-4-6-13(19)7-5-12/h4-7,14,18-19H,2-3,8-11H2,1H3,(H2,17,20). The summed E-state index contributed by atoms with van der Waals surface area (Å²) in [5.41, 5.74) is 5.88. The van der Waals surface area contributed by atoms with Crippen molar-refractivity contribution < 1.29 is 14.6 Å². The lowest BCUT2D eigenvalue weighted by Crippen LogP contribution is -2.55. The molecule has 0 aromatic heterocycles. The molecule has 0 spiro atoms. The Kier molecular flexibility index (Phi) is 5.20. The van der Waals surface area contributed by atoms with Gasteiger partial charge >= 0.3 is 0 Å². The van der Waals surface area contributed by atoms with Gasteiger partial charge in [-0.25, -0.2) is 0 Å². The summed E-state index contributed by atoms with van der Waals surface area (Å²) in [4.78, 5) is 11.8. The molecule has 2 rings (SSSR count). The number of carbonyl (C=O) groups is 1. The number of carbonyl (C=O) groups excluding carboxylic acids is 1. The zero-order valence-corrected chi connectivity index (χ0v) is 12.5. The van der Waals surface area contributed by atoms with E-state index in [9.17, 15) is 9.90 Å². The van der Waals surface area contributed by atoms with Gasteiger partial charge in [-0.2, -0.15) is 0 Å². The summed E-state index contributed by atoms with van der Waals surface area (Å²) in [5.74, 6) is -0.104. The van der Waals surface area contributed by atoms with Crippen LogP contribution in [0.2, 0.25) is 0 Å². The van der Waals surface area contributed by atoms with Gasteiger partial charge in [0, 0.05) is 13.2 Å². The number of nitrogens with two attached hydrogens (primary N) is 1. The molecular weight excluding hydrogens is 268 g/mol. The minimum atomic E-state index is -0.746. The number of ether oxygens (including phenoxy) is 1. The zero-order chi connectivity index (χ0) is 15.3. The van der Waals surface area contributed by atoms with Crippen molar-refractivity contribution in [3.63, 3.8) is 0 Å². The molecule has 1 heterocycles. The van der Waals surface area contributed by atoms with E-state index in [2.05, 4.69) is 5.32 Å². The van der Waals surface area contributed by atoms with Gasteiger partial charge in [-0.15, -0.1) is 0 Å². The quantitative estimate of drug-likeness (QED) is 0.708. The highest BCUT2D eigenvalue weighted by molar-refractivity contribution is 5.84. The van der Waals surface area contributed by atoms with Crippen molar-refractivity contribution in [2.45, 2.75) is 44.2 Å². The molecule has 0 aliphatic carbocycles. The first kappa shape index (κ1) is 15.8. The van der Waals surface area contributed by atoms with Gasteiger partial charge in [0.05, 0.1) is 11.6 Å². The molecule has 2 atom stereocenters. The third kappa shape index (κ3) is 4.44. The van der Waals surface area contributed by atoms with Crippen LogP contribution in [0.5, 0.6) is 5.75 Å². The van der Waals surface area contributed by atoms with Gasteiger partial charge in [0.1, 0.15) is 5.75 Å². The molecule has 21 heavy (non-hydrogen) atoms. The summed E-state index contributed by atoms with van der Waals surface area (Å²) in [5, 5.41) is 12.5. The first-order valence-corrected chi connectivity index (χ1v) is 7.44. The van der Waals surface area contributed by atoms with E-state index in [1.54, 1.807) is 12.1 Å². The minimum absolute atomic E-state index is 0.178. The highest BCUT2D eigenvalue weighted by Gasteiger charge is 2.31. The van der Waals surface area contributed by atoms with Gasteiger partial charge in [0.2, 0.25) is 5.91 Å². The maximum atomic E-state index is 11.8. The minimum Gasteiger partial charge on any atom is -0.508 e. The Morgan fingerprint density at radius 2 is 2.19 bits per heavy atom. The van der Waals surface area contributed by atoms with Gasteiger partial charge in [-0.3, -0.25) is 4.79 Å². The third-order valence-electron chi connectivity index (χ3n) is 4.14. The van der Waals surface area contributed by atoms with Crippen LogP contribution in [-0.4, -0.2) is 35.8 Å². The van der Waals surface area contributed by atoms with Crippen molar-refractivity contribution in [3.8, 4) is 5.75 Å². The van der Waals surface area contributed by atoms with E-state index in [1.807, 2.05) is 19.1 Å². The summed E-state index contributed by atoms with van der Waals surface area (Å²) in [7, 11) is 0. The summed E-state index contributed by atoms with van der Waals surface area (Å²) in [6.07, 6.45) is 3.61. The average molecular weight is 292 g/mol. The van der Waals surface area contributed by atoms with E-state index < -0.39 is 5.54 Å². The van der Waals surface area contributed by atoms with Crippen molar-refractivity contribution in [2.24, 2.45) is 5.73 Å². The smallest absolute Gasteiger partial charge is 0.237 e. The van der Waals surface area contributed by atoms with Crippen molar-refractivity contribution in [3.05, 3.63) is 29.8 Å². The molecule has 1 aliphatic rings. The fraction of sp³-hybridized carbons (Fsp3) is 0.562. The van der Waals surface area contributed by atoms with E-state index >= 15 is 0 Å². The lowest BCUT2D eigenvalue weighted by atomic mass is 9.92. The van der Waals surface area contributed by atoms with Gasteiger partial charge in [0.25, 0.3) is 0 Å². The molecule has 4 N–H and O–H groups in total. The molecule has 1 fully saturated rings. The van der Waals surface area contributed by atoms with Gasteiger partial charge in [0.15, 0.2) is 0 Å². The molecule has 0 saturated carbocycles.